The quantitative estimate of drug-likeness (QED) is 0.789. The van der Waals surface area contributed by atoms with Crippen LogP contribution >= 0.6 is 0 Å². The van der Waals surface area contributed by atoms with E-state index in [1.54, 1.807) is 18.2 Å². The van der Waals surface area contributed by atoms with E-state index in [1.165, 1.54) is 4.31 Å². The van der Waals surface area contributed by atoms with Crippen molar-refractivity contribution in [1.82, 2.24) is 4.90 Å². The number of amides is 1. The molecule has 0 unspecified atom stereocenters. The number of benzene rings is 1. The minimum atomic E-state index is -3.50. The predicted octanol–water partition coefficient (Wildman–Crippen LogP) is 1.63. The Hall–Kier alpha value is -1.96. The molecule has 1 saturated heterocycles. The molecule has 1 amide bonds. The minimum Gasteiger partial charge on any atom is -0.486 e. The van der Waals surface area contributed by atoms with Gasteiger partial charge in [0.1, 0.15) is 13.2 Å². The number of hydrogen-bond donors (Lipinski definition) is 0. The molecule has 0 aliphatic carbocycles. The number of nitrogens with zero attached hydrogens (tertiary/aromatic N) is 2. The van der Waals surface area contributed by atoms with E-state index in [0.717, 1.165) is 38.6 Å². The highest BCUT2D eigenvalue weighted by Gasteiger charge is 2.23. The van der Waals surface area contributed by atoms with Crippen LogP contribution < -0.4 is 13.8 Å². The maximum atomic E-state index is 12.4. The summed E-state index contributed by atoms with van der Waals surface area (Å²) in [5.74, 6) is 1.14. The van der Waals surface area contributed by atoms with E-state index in [4.69, 9.17) is 9.47 Å². The number of rotatable bonds is 5. The zero-order chi connectivity index (χ0) is 17.9. The van der Waals surface area contributed by atoms with E-state index in [1.807, 2.05) is 4.90 Å². The second kappa shape index (κ2) is 7.51. The van der Waals surface area contributed by atoms with E-state index in [0.29, 0.717) is 30.4 Å². The third kappa shape index (κ3) is 4.36. The molecule has 0 bridgehead atoms. The molecule has 0 atom stereocenters. The summed E-state index contributed by atoms with van der Waals surface area (Å²) in [7, 11) is -3.50. The van der Waals surface area contributed by atoms with Crippen molar-refractivity contribution in [1.29, 1.82) is 0 Å². The Labute approximate surface area is 148 Å². The van der Waals surface area contributed by atoms with E-state index >= 15 is 0 Å². The number of likely N-dealkylation sites (tertiary alicyclic amines) is 1. The van der Waals surface area contributed by atoms with Crippen LogP contribution in [-0.4, -0.2) is 58.3 Å². The molecule has 0 N–H and O–H groups in total. The number of carbonyl (C=O) groups excluding carboxylic acids is 1. The lowest BCUT2D eigenvalue weighted by Gasteiger charge is -2.29. The standard InChI is InChI=1S/C17H24N2O5S/c1-25(21,22)19(10-7-17(20)18-8-3-2-4-9-18)14-5-6-15-16(13-14)24-12-11-23-15/h5-6,13H,2-4,7-12H2,1H3. The summed E-state index contributed by atoms with van der Waals surface area (Å²) in [6.07, 6.45) is 4.50. The maximum absolute atomic E-state index is 12.4. The van der Waals surface area contributed by atoms with E-state index in [9.17, 15) is 13.2 Å². The smallest absolute Gasteiger partial charge is 0.232 e. The molecule has 0 radical (unpaired) electrons. The fourth-order valence-electron chi connectivity index (χ4n) is 3.17. The second-order valence-electron chi connectivity index (χ2n) is 6.35. The largest absolute Gasteiger partial charge is 0.486 e. The molecular weight excluding hydrogens is 344 g/mol. The molecule has 0 aromatic heterocycles. The number of hydrogen-bond acceptors (Lipinski definition) is 5. The van der Waals surface area contributed by atoms with Gasteiger partial charge in [-0.2, -0.15) is 0 Å². The number of ether oxygens (including phenoxy) is 2. The normalized spacial score (nSPS) is 17.2. The fourth-order valence-corrected chi connectivity index (χ4v) is 4.09. The van der Waals surface area contributed by atoms with Gasteiger partial charge in [0.15, 0.2) is 11.5 Å². The Morgan fingerprint density at radius 2 is 1.80 bits per heavy atom. The first-order valence-electron chi connectivity index (χ1n) is 8.60. The lowest BCUT2D eigenvalue weighted by Crippen LogP contribution is -2.39. The molecule has 1 aromatic rings. The van der Waals surface area contributed by atoms with Gasteiger partial charge in [-0.05, 0) is 31.4 Å². The molecule has 0 spiro atoms. The van der Waals surface area contributed by atoms with Crippen LogP contribution in [-0.2, 0) is 14.8 Å². The zero-order valence-electron chi connectivity index (χ0n) is 14.4. The number of anilines is 1. The lowest BCUT2D eigenvalue weighted by atomic mass is 10.1. The molecule has 1 fully saturated rings. The highest BCUT2D eigenvalue weighted by molar-refractivity contribution is 7.92. The topological polar surface area (TPSA) is 76.2 Å². The molecule has 1 aromatic carbocycles. The summed E-state index contributed by atoms with van der Waals surface area (Å²) >= 11 is 0. The summed E-state index contributed by atoms with van der Waals surface area (Å²) in [4.78, 5) is 14.2. The summed E-state index contributed by atoms with van der Waals surface area (Å²) < 4.78 is 36.7. The third-order valence-electron chi connectivity index (χ3n) is 4.45. The molecular formula is C17H24N2O5S. The third-order valence-corrected chi connectivity index (χ3v) is 5.65. The Balaban J connectivity index is 1.73. The van der Waals surface area contributed by atoms with Crippen LogP contribution in [0.2, 0.25) is 0 Å². The van der Waals surface area contributed by atoms with Gasteiger partial charge in [0, 0.05) is 32.1 Å². The minimum absolute atomic E-state index is 0.00546. The molecule has 2 aliphatic heterocycles. The predicted molar refractivity (Wildman–Crippen MR) is 94.7 cm³/mol. The van der Waals surface area contributed by atoms with Gasteiger partial charge < -0.3 is 14.4 Å². The van der Waals surface area contributed by atoms with Crippen LogP contribution in [0.1, 0.15) is 25.7 Å². The maximum Gasteiger partial charge on any atom is 0.232 e. The van der Waals surface area contributed by atoms with Crippen LogP contribution in [0.15, 0.2) is 18.2 Å². The number of sulfonamides is 1. The van der Waals surface area contributed by atoms with E-state index in [-0.39, 0.29) is 18.9 Å². The first kappa shape index (κ1) is 17.8. The highest BCUT2D eigenvalue weighted by atomic mass is 32.2. The number of carbonyl (C=O) groups is 1. The number of piperidine rings is 1. The van der Waals surface area contributed by atoms with Crippen molar-refractivity contribution in [2.75, 3.05) is 43.4 Å². The molecule has 8 heteroatoms. The van der Waals surface area contributed by atoms with Crippen molar-refractivity contribution >= 4 is 21.6 Å². The van der Waals surface area contributed by atoms with Crippen molar-refractivity contribution in [3.05, 3.63) is 18.2 Å². The van der Waals surface area contributed by atoms with Gasteiger partial charge in [-0.1, -0.05) is 0 Å². The van der Waals surface area contributed by atoms with Crippen molar-refractivity contribution in [3.63, 3.8) is 0 Å². The van der Waals surface area contributed by atoms with Gasteiger partial charge in [0.25, 0.3) is 0 Å². The fraction of sp³-hybridized carbons (Fsp3) is 0.588. The van der Waals surface area contributed by atoms with E-state index < -0.39 is 10.0 Å². The summed E-state index contributed by atoms with van der Waals surface area (Å²) in [6, 6.07) is 5.04. The van der Waals surface area contributed by atoms with Crippen LogP contribution in [0, 0.1) is 0 Å². The van der Waals surface area contributed by atoms with Crippen LogP contribution in [0.25, 0.3) is 0 Å². The van der Waals surface area contributed by atoms with Crippen LogP contribution in [0.5, 0.6) is 11.5 Å². The van der Waals surface area contributed by atoms with Gasteiger partial charge in [0.05, 0.1) is 11.9 Å². The lowest BCUT2D eigenvalue weighted by molar-refractivity contribution is -0.131. The first-order chi connectivity index (χ1) is 11.9. The average Bonchev–Trinajstić information content (AvgIpc) is 2.61. The van der Waals surface area contributed by atoms with Gasteiger partial charge in [-0.15, -0.1) is 0 Å². The Morgan fingerprint density at radius 3 is 2.48 bits per heavy atom. The van der Waals surface area contributed by atoms with Crippen LogP contribution in [0.4, 0.5) is 5.69 Å². The van der Waals surface area contributed by atoms with Gasteiger partial charge in [0.2, 0.25) is 15.9 Å². The van der Waals surface area contributed by atoms with Gasteiger partial charge >= 0.3 is 0 Å². The van der Waals surface area contributed by atoms with Crippen molar-refractivity contribution < 1.29 is 22.7 Å². The van der Waals surface area contributed by atoms with Gasteiger partial charge in [-0.25, -0.2) is 8.42 Å². The zero-order valence-corrected chi connectivity index (χ0v) is 15.3. The Kier molecular flexibility index (Phi) is 5.36. The second-order valence-corrected chi connectivity index (χ2v) is 8.26. The van der Waals surface area contributed by atoms with Crippen molar-refractivity contribution in [2.45, 2.75) is 25.7 Å². The summed E-state index contributed by atoms with van der Waals surface area (Å²) in [5, 5.41) is 0. The average molecular weight is 368 g/mol. The monoisotopic (exact) mass is 368 g/mol. The molecule has 138 valence electrons. The Bertz CT molecular complexity index is 729. The SMILES string of the molecule is CS(=O)(=O)N(CCC(=O)N1CCCCC1)c1ccc2c(c1)OCCO2. The van der Waals surface area contributed by atoms with Crippen LogP contribution in [0.3, 0.4) is 0 Å². The van der Waals surface area contributed by atoms with Crippen molar-refractivity contribution in [3.8, 4) is 11.5 Å². The molecule has 0 saturated carbocycles. The number of fused-ring (bicyclic) bond motifs is 1. The van der Waals surface area contributed by atoms with Gasteiger partial charge in [-0.3, -0.25) is 9.10 Å². The molecule has 2 aliphatic rings. The molecule has 2 heterocycles. The molecule has 7 nitrogen and oxygen atoms in total. The first-order valence-corrected chi connectivity index (χ1v) is 10.4. The van der Waals surface area contributed by atoms with E-state index in [2.05, 4.69) is 0 Å². The molecule has 3 rings (SSSR count). The summed E-state index contributed by atoms with van der Waals surface area (Å²) in [5.41, 5.74) is 0.484. The van der Waals surface area contributed by atoms with Crippen molar-refractivity contribution in [2.24, 2.45) is 0 Å². The summed E-state index contributed by atoms with van der Waals surface area (Å²) in [6.45, 7) is 2.56. The molecule has 25 heavy (non-hydrogen) atoms. The highest BCUT2D eigenvalue weighted by Crippen LogP contribution is 2.34. The Morgan fingerprint density at radius 1 is 1.12 bits per heavy atom.